The van der Waals surface area contributed by atoms with Gasteiger partial charge in [0.1, 0.15) is 22.5 Å². The van der Waals surface area contributed by atoms with Gasteiger partial charge in [0.05, 0.1) is 0 Å². The van der Waals surface area contributed by atoms with Gasteiger partial charge in [0.25, 0.3) is 0 Å². The Bertz CT molecular complexity index is 1440. The van der Waals surface area contributed by atoms with Crippen LogP contribution in [0.5, 0.6) is 11.5 Å². The quantitative estimate of drug-likeness (QED) is 0.200. The fraction of sp³-hybridized carbons (Fsp3) is 0.400. The van der Waals surface area contributed by atoms with E-state index in [1.165, 1.54) is 55.3 Å². The topological polar surface area (TPSA) is 53.5 Å². The average molecular weight is 527 g/mol. The van der Waals surface area contributed by atoms with Crippen molar-refractivity contribution in [1.29, 1.82) is 0 Å². The summed E-state index contributed by atoms with van der Waals surface area (Å²) < 4.78 is 18.6. The summed E-state index contributed by atoms with van der Waals surface area (Å²) in [6.45, 7) is 25.6. The standard InChI is InChI=1S/2C15H19NO.2Al.O/c2*1-7-9(3)13-10(4)8(2)12(6)16-14(13)15(17)11(7)5;;;/h2*17H,1-6H3;;;/q;;2*+1;/p-2. The summed E-state index contributed by atoms with van der Waals surface area (Å²) in [4.78, 5) is 9.87. The van der Waals surface area contributed by atoms with Crippen LogP contribution >= 0.6 is 0 Å². The second-order valence-electron chi connectivity index (χ2n) is 10.3. The molecule has 0 aliphatic rings. The molecule has 5 nitrogen and oxygen atoms in total. The summed E-state index contributed by atoms with van der Waals surface area (Å²) >= 11 is -1.51. The largest absolute Gasteiger partial charge is 0.743 e. The van der Waals surface area contributed by atoms with E-state index in [4.69, 9.17) is 20.4 Å². The van der Waals surface area contributed by atoms with Crippen molar-refractivity contribution in [3.63, 3.8) is 0 Å². The summed E-state index contributed by atoms with van der Waals surface area (Å²) in [5.41, 5.74) is 16.2. The van der Waals surface area contributed by atoms with E-state index >= 15 is 0 Å². The lowest BCUT2D eigenvalue weighted by Crippen LogP contribution is -2.18. The third-order valence-corrected chi connectivity index (χ3v) is 10.1. The van der Waals surface area contributed by atoms with Gasteiger partial charge in [0.2, 0.25) is 0 Å². The number of hydrogen-bond donors (Lipinski definition) is 0. The number of aromatic nitrogens is 2. The van der Waals surface area contributed by atoms with Gasteiger partial charge < -0.3 is 10.4 Å². The van der Waals surface area contributed by atoms with Gasteiger partial charge in [-0.05, 0) is 139 Å². The molecule has 2 radical (unpaired) electrons. The second kappa shape index (κ2) is 10.6. The molecule has 37 heavy (non-hydrogen) atoms. The molecule has 4 rings (SSSR count). The van der Waals surface area contributed by atoms with E-state index in [0.29, 0.717) is 0 Å². The van der Waals surface area contributed by atoms with Gasteiger partial charge in [-0.15, -0.1) is 0 Å². The third kappa shape index (κ3) is 4.67. The van der Waals surface area contributed by atoms with Crippen molar-refractivity contribution in [3.05, 3.63) is 67.0 Å². The normalized spacial score (nSPS) is 11.4. The zero-order valence-electron chi connectivity index (χ0n) is 24.3. The first-order valence-electron chi connectivity index (χ1n) is 12.7. The molecule has 4 aromatic rings. The van der Waals surface area contributed by atoms with Crippen LogP contribution in [0.25, 0.3) is 21.8 Å². The minimum absolute atomic E-state index is 0.754. The van der Waals surface area contributed by atoms with E-state index in [-0.39, 0.29) is 0 Å². The summed E-state index contributed by atoms with van der Waals surface area (Å²) in [7, 11) is 0. The van der Waals surface area contributed by atoms with Gasteiger partial charge in [0.15, 0.2) is 0 Å². The van der Waals surface area contributed by atoms with Crippen LogP contribution in [-0.2, 0) is 2.84 Å². The Morgan fingerprint density at radius 1 is 0.405 bits per heavy atom. The SMILES string of the molecule is Cc1nc2c([O][Al][O][Al][O]c3c(C)c(C)c(C)c4c(C)c(C)c(C)nc34)c(C)c(C)c(C)c2c(C)c1C. The van der Waals surface area contributed by atoms with Crippen LogP contribution in [0.2, 0.25) is 0 Å². The van der Waals surface area contributed by atoms with Gasteiger partial charge in [-0.1, -0.05) is 0 Å². The van der Waals surface area contributed by atoms with Crippen LogP contribution in [0.3, 0.4) is 0 Å². The van der Waals surface area contributed by atoms with E-state index in [9.17, 15) is 0 Å². The molecule has 0 bridgehead atoms. The van der Waals surface area contributed by atoms with Gasteiger partial charge in [0, 0.05) is 22.2 Å². The summed E-state index contributed by atoms with van der Waals surface area (Å²) in [6, 6.07) is 0. The molecule has 0 N–H and O–H groups in total. The zero-order valence-corrected chi connectivity index (χ0v) is 26.6. The molecule has 2 aromatic carbocycles. The molecule has 2 heterocycles. The highest BCUT2D eigenvalue weighted by Gasteiger charge is 2.21. The van der Waals surface area contributed by atoms with Crippen LogP contribution in [0.15, 0.2) is 0 Å². The van der Waals surface area contributed by atoms with Crippen LogP contribution in [0.4, 0.5) is 0 Å². The van der Waals surface area contributed by atoms with E-state index < -0.39 is 31.8 Å². The number of benzene rings is 2. The molecule has 0 aliphatic heterocycles. The Balaban J connectivity index is 1.60. The van der Waals surface area contributed by atoms with Crippen molar-refractivity contribution in [1.82, 2.24) is 9.97 Å². The summed E-state index contributed by atoms with van der Waals surface area (Å²) in [5, 5.41) is 2.38. The molecule has 0 spiro atoms. The molecule has 0 saturated carbocycles. The van der Waals surface area contributed by atoms with Crippen molar-refractivity contribution >= 4 is 53.6 Å². The molecule has 0 fully saturated rings. The van der Waals surface area contributed by atoms with E-state index in [2.05, 4.69) is 83.1 Å². The third-order valence-electron chi connectivity index (χ3n) is 8.55. The number of rotatable bonds is 6. The smallest absolute Gasteiger partial charge is 0.625 e. The van der Waals surface area contributed by atoms with Gasteiger partial charge in [-0.2, -0.15) is 0 Å². The number of pyridine rings is 2. The fourth-order valence-electron chi connectivity index (χ4n) is 5.23. The molecule has 0 amide bonds. The first-order valence-corrected chi connectivity index (χ1v) is 14.6. The molecular formula is C30H36Al2N2O3. The van der Waals surface area contributed by atoms with Crippen molar-refractivity contribution in [2.75, 3.05) is 0 Å². The van der Waals surface area contributed by atoms with Crippen molar-refractivity contribution < 1.29 is 10.4 Å². The zero-order chi connectivity index (χ0) is 27.3. The maximum absolute atomic E-state index is 6.31. The number of nitrogens with zero attached hydrogens (tertiary/aromatic N) is 2. The van der Waals surface area contributed by atoms with Crippen LogP contribution < -0.4 is 7.58 Å². The van der Waals surface area contributed by atoms with Crippen LogP contribution in [0, 0.1) is 83.1 Å². The van der Waals surface area contributed by atoms with E-state index in [0.717, 1.165) is 45.0 Å². The van der Waals surface area contributed by atoms with Crippen molar-refractivity contribution in [2.24, 2.45) is 0 Å². The van der Waals surface area contributed by atoms with Crippen LogP contribution in [-0.4, -0.2) is 41.7 Å². The van der Waals surface area contributed by atoms with Crippen LogP contribution in [0.1, 0.15) is 67.0 Å². The number of fused-ring (bicyclic) bond motifs is 2. The first-order chi connectivity index (χ1) is 17.4. The summed E-state index contributed by atoms with van der Waals surface area (Å²) in [5.74, 6) is 1.66. The molecule has 0 aliphatic carbocycles. The number of hydrogen-bond acceptors (Lipinski definition) is 5. The monoisotopic (exact) mass is 526 g/mol. The highest BCUT2D eigenvalue weighted by atomic mass is 27.3. The molecule has 0 unspecified atom stereocenters. The Kier molecular flexibility index (Phi) is 7.97. The lowest BCUT2D eigenvalue weighted by atomic mass is 9.93. The minimum atomic E-state index is -0.754. The Morgan fingerprint density at radius 2 is 0.730 bits per heavy atom. The lowest BCUT2D eigenvalue weighted by Gasteiger charge is -2.21. The Hall–Kier alpha value is -2.12. The predicted molar refractivity (Wildman–Crippen MR) is 154 cm³/mol. The minimum Gasteiger partial charge on any atom is -0.625 e. The maximum Gasteiger partial charge on any atom is 0.743 e. The lowest BCUT2D eigenvalue weighted by molar-refractivity contribution is 0.417. The first kappa shape index (κ1) is 27.9. The highest BCUT2D eigenvalue weighted by Crippen LogP contribution is 2.38. The molecule has 7 heteroatoms. The Morgan fingerprint density at radius 3 is 1.08 bits per heavy atom. The molecule has 0 atom stereocenters. The summed E-state index contributed by atoms with van der Waals surface area (Å²) in [6.07, 6.45) is 0. The second-order valence-corrected chi connectivity index (χ2v) is 12.3. The highest BCUT2D eigenvalue weighted by molar-refractivity contribution is 6.36. The molecule has 2 aromatic heterocycles. The van der Waals surface area contributed by atoms with E-state index in [1.54, 1.807) is 0 Å². The maximum atomic E-state index is 6.31. The predicted octanol–water partition coefficient (Wildman–Crippen LogP) is 7.03. The van der Waals surface area contributed by atoms with Gasteiger partial charge in [-0.25, -0.2) is 9.97 Å². The van der Waals surface area contributed by atoms with E-state index in [1.807, 2.05) is 0 Å². The Labute approximate surface area is 234 Å². The van der Waals surface area contributed by atoms with Crippen molar-refractivity contribution in [3.8, 4) is 11.5 Å². The molecule has 0 saturated heterocycles. The van der Waals surface area contributed by atoms with Crippen molar-refractivity contribution in [2.45, 2.75) is 83.1 Å². The van der Waals surface area contributed by atoms with Gasteiger partial charge in [-0.3, -0.25) is 0 Å². The molecule has 190 valence electrons. The fourth-order valence-corrected chi connectivity index (χ4v) is 6.63. The average Bonchev–Trinajstić information content (AvgIpc) is 2.86. The molecular weight excluding hydrogens is 490 g/mol. The van der Waals surface area contributed by atoms with Gasteiger partial charge >= 0.3 is 31.8 Å². The number of aryl methyl sites for hydroxylation is 6.